The van der Waals surface area contributed by atoms with E-state index < -0.39 is 6.10 Å². The lowest BCUT2D eigenvalue weighted by Gasteiger charge is -2.11. The number of hydrogen-bond donors (Lipinski definition) is 1. The molecule has 0 heterocycles. The van der Waals surface area contributed by atoms with Crippen molar-refractivity contribution in [2.75, 3.05) is 14.2 Å². The summed E-state index contributed by atoms with van der Waals surface area (Å²) in [6.45, 7) is 0. The van der Waals surface area contributed by atoms with E-state index in [9.17, 15) is 9.90 Å². The van der Waals surface area contributed by atoms with Crippen molar-refractivity contribution in [3.63, 3.8) is 0 Å². The molecular formula is C18H20O4. The number of Topliss-reactive ketones (excluding diaryl/α,β-unsaturated/α-hetero) is 1. The van der Waals surface area contributed by atoms with Crippen LogP contribution in [0.1, 0.15) is 22.3 Å². The number of benzene rings is 2. The molecule has 116 valence electrons. The first-order valence-electron chi connectivity index (χ1n) is 7.10. The highest BCUT2D eigenvalue weighted by molar-refractivity contribution is 5.96. The fourth-order valence-corrected chi connectivity index (χ4v) is 2.21. The van der Waals surface area contributed by atoms with E-state index in [2.05, 4.69) is 0 Å². The summed E-state index contributed by atoms with van der Waals surface area (Å²) in [5.41, 5.74) is 1.55. The first kappa shape index (κ1) is 16.0. The van der Waals surface area contributed by atoms with Crippen molar-refractivity contribution in [2.24, 2.45) is 0 Å². The molecule has 0 amide bonds. The highest BCUT2D eigenvalue weighted by atomic mass is 16.5. The Hall–Kier alpha value is -2.33. The lowest BCUT2D eigenvalue weighted by molar-refractivity contribution is 0.0881. The van der Waals surface area contributed by atoms with Gasteiger partial charge in [0.15, 0.2) is 5.78 Å². The fourth-order valence-electron chi connectivity index (χ4n) is 2.21. The number of aliphatic hydroxyl groups is 1. The van der Waals surface area contributed by atoms with Crippen LogP contribution in [-0.4, -0.2) is 31.2 Å². The molecule has 1 atom stereocenters. The second kappa shape index (κ2) is 7.61. The second-order valence-electron chi connectivity index (χ2n) is 5.06. The van der Waals surface area contributed by atoms with E-state index in [-0.39, 0.29) is 12.2 Å². The van der Waals surface area contributed by atoms with Gasteiger partial charge in [-0.25, -0.2) is 0 Å². The maximum atomic E-state index is 12.1. The van der Waals surface area contributed by atoms with Gasteiger partial charge in [-0.2, -0.15) is 0 Å². The van der Waals surface area contributed by atoms with Crippen molar-refractivity contribution in [2.45, 2.75) is 18.9 Å². The normalized spacial score (nSPS) is 11.8. The van der Waals surface area contributed by atoms with E-state index in [1.165, 1.54) is 0 Å². The quantitative estimate of drug-likeness (QED) is 0.799. The summed E-state index contributed by atoms with van der Waals surface area (Å²) < 4.78 is 10.1. The third kappa shape index (κ3) is 4.33. The van der Waals surface area contributed by atoms with E-state index >= 15 is 0 Å². The lowest BCUT2D eigenvalue weighted by Crippen LogP contribution is -2.16. The van der Waals surface area contributed by atoms with E-state index in [0.29, 0.717) is 17.7 Å². The van der Waals surface area contributed by atoms with Gasteiger partial charge in [-0.15, -0.1) is 0 Å². The summed E-state index contributed by atoms with van der Waals surface area (Å²) >= 11 is 0. The molecule has 0 spiro atoms. The first-order valence-corrected chi connectivity index (χ1v) is 7.10. The average molecular weight is 300 g/mol. The van der Waals surface area contributed by atoms with Crippen molar-refractivity contribution in [3.05, 3.63) is 59.7 Å². The molecule has 2 aromatic carbocycles. The van der Waals surface area contributed by atoms with Crippen LogP contribution in [0.2, 0.25) is 0 Å². The molecule has 4 nitrogen and oxygen atoms in total. The minimum absolute atomic E-state index is 0.0799. The van der Waals surface area contributed by atoms with Gasteiger partial charge in [0.25, 0.3) is 0 Å². The van der Waals surface area contributed by atoms with Gasteiger partial charge < -0.3 is 14.6 Å². The van der Waals surface area contributed by atoms with Gasteiger partial charge in [0.2, 0.25) is 0 Å². The topological polar surface area (TPSA) is 55.8 Å². The molecule has 0 aliphatic rings. The van der Waals surface area contributed by atoms with Crippen LogP contribution in [0.5, 0.6) is 11.5 Å². The predicted molar refractivity (Wildman–Crippen MR) is 84.6 cm³/mol. The Labute approximate surface area is 130 Å². The van der Waals surface area contributed by atoms with Gasteiger partial charge in [-0.1, -0.05) is 12.1 Å². The number of rotatable bonds is 7. The Morgan fingerprint density at radius 3 is 1.95 bits per heavy atom. The van der Waals surface area contributed by atoms with Crippen LogP contribution in [-0.2, 0) is 6.42 Å². The summed E-state index contributed by atoms with van der Waals surface area (Å²) in [6.07, 6.45) is -0.174. The molecule has 0 unspecified atom stereocenters. The highest BCUT2D eigenvalue weighted by Gasteiger charge is 2.13. The number of aliphatic hydroxyl groups excluding tert-OH is 1. The maximum absolute atomic E-state index is 12.1. The van der Waals surface area contributed by atoms with Gasteiger partial charge in [0.1, 0.15) is 11.5 Å². The van der Waals surface area contributed by atoms with Gasteiger partial charge >= 0.3 is 0 Å². The molecule has 0 bridgehead atoms. The molecule has 4 heteroatoms. The molecule has 1 N–H and O–H groups in total. The Balaban J connectivity index is 1.92. The maximum Gasteiger partial charge on any atom is 0.165 e. The monoisotopic (exact) mass is 300 g/mol. The zero-order chi connectivity index (χ0) is 15.9. The van der Waals surface area contributed by atoms with Gasteiger partial charge in [-0.05, 0) is 48.4 Å². The van der Waals surface area contributed by atoms with Crippen LogP contribution in [0.3, 0.4) is 0 Å². The Kier molecular flexibility index (Phi) is 5.55. The third-order valence-electron chi connectivity index (χ3n) is 3.46. The molecule has 0 aromatic heterocycles. The number of carbonyl (C=O) groups excluding carboxylic acids is 1. The zero-order valence-electron chi connectivity index (χ0n) is 12.8. The number of ether oxygens (including phenoxy) is 2. The molecular weight excluding hydrogens is 280 g/mol. The van der Waals surface area contributed by atoms with Crippen molar-refractivity contribution in [1.82, 2.24) is 0 Å². The molecule has 22 heavy (non-hydrogen) atoms. The van der Waals surface area contributed by atoms with Crippen LogP contribution in [0.15, 0.2) is 48.5 Å². The van der Waals surface area contributed by atoms with Gasteiger partial charge in [-0.3, -0.25) is 4.79 Å². The molecule has 2 rings (SSSR count). The Morgan fingerprint density at radius 2 is 1.45 bits per heavy atom. The average Bonchev–Trinajstić information content (AvgIpc) is 2.55. The summed E-state index contributed by atoms with van der Waals surface area (Å²) in [5, 5.41) is 10.1. The predicted octanol–water partition coefficient (Wildman–Crippen LogP) is 2.88. The lowest BCUT2D eigenvalue weighted by atomic mass is 10.00. The Morgan fingerprint density at radius 1 is 0.955 bits per heavy atom. The zero-order valence-corrected chi connectivity index (χ0v) is 12.8. The smallest absolute Gasteiger partial charge is 0.165 e. The Bertz CT molecular complexity index is 602. The van der Waals surface area contributed by atoms with Crippen molar-refractivity contribution in [3.8, 4) is 11.5 Å². The van der Waals surface area contributed by atoms with Crippen molar-refractivity contribution in [1.29, 1.82) is 0 Å². The van der Waals surface area contributed by atoms with Crippen LogP contribution in [0.25, 0.3) is 0 Å². The van der Waals surface area contributed by atoms with Gasteiger partial charge in [0, 0.05) is 12.0 Å². The summed E-state index contributed by atoms with van der Waals surface area (Å²) in [4.78, 5) is 12.1. The molecule has 0 fully saturated rings. The van der Waals surface area contributed by atoms with Gasteiger partial charge in [0.05, 0.1) is 20.3 Å². The summed E-state index contributed by atoms with van der Waals surface area (Å²) in [5.74, 6) is 1.39. The number of methoxy groups -OCH3 is 2. The fraction of sp³-hybridized carbons (Fsp3) is 0.278. The second-order valence-corrected chi connectivity index (χ2v) is 5.06. The van der Waals surface area contributed by atoms with E-state index in [4.69, 9.17) is 9.47 Å². The van der Waals surface area contributed by atoms with Crippen LogP contribution >= 0.6 is 0 Å². The summed E-state index contributed by atoms with van der Waals surface area (Å²) in [7, 11) is 3.19. The van der Waals surface area contributed by atoms with Crippen LogP contribution < -0.4 is 9.47 Å². The minimum atomic E-state index is -0.706. The summed E-state index contributed by atoms with van der Waals surface area (Å²) in [6, 6.07) is 14.4. The molecule has 2 aromatic rings. The van der Waals surface area contributed by atoms with E-state index in [1.807, 2.05) is 24.3 Å². The molecule has 0 saturated carbocycles. The van der Waals surface area contributed by atoms with Crippen molar-refractivity contribution < 1.29 is 19.4 Å². The first-order chi connectivity index (χ1) is 10.6. The number of ketones is 1. The molecule has 0 aliphatic carbocycles. The van der Waals surface area contributed by atoms with Crippen LogP contribution in [0.4, 0.5) is 0 Å². The van der Waals surface area contributed by atoms with E-state index in [1.54, 1.807) is 38.5 Å². The SMILES string of the molecule is COc1ccc(C[C@@H](O)CC(=O)c2ccc(OC)cc2)cc1. The molecule has 0 saturated heterocycles. The molecule has 0 aliphatic heterocycles. The third-order valence-corrected chi connectivity index (χ3v) is 3.46. The van der Waals surface area contributed by atoms with Crippen LogP contribution in [0, 0.1) is 0 Å². The molecule has 0 radical (unpaired) electrons. The van der Waals surface area contributed by atoms with Crippen molar-refractivity contribution >= 4 is 5.78 Å². The largest absolute Gasteiger partial charge is 0.497 e. The minimum Gasteiger partial charge on any atom is -0.497 e. The van der Waals surface area contributed by atoms with E-state index in [0.717, 1.165) is 11.3 Å². The standard InChI is InChI=1S/C18H20O4/c1-21-16-7-3-13(4-8-16)11-15(19)12-18(20)14-5-9-17(22-2)10-6-14/h3-10,15,19H,11-12H2,1-2H3/t15-/m1/s1. The number of hydrogen-bond acceptors (Lipinski definition) is 4. The highest BCUT2D eigenvalue weighted by Crippen LogP contribution is 2.16. The number of carbonyl (C=O) groups is 1.